The number of nitrogen functional groups attached to an aromatic ring is 1. The molecule has 29 heavy (non-hydrogen) atoms. The molecule has 2 heterocycles. The normalized spacial score (nSPS) is 14.7. The van der Waals surface area contributed by atoms with Crippen molar-refractivity contribution < 1.29 is 0 Å². The summed E-state index contributed by atoms with van der Waals surface area (Å²) in [6, 6.07) is 21.2. The van der Waals surface area contributed by atoms with Crippen molar-refractivity contribution >= 4 is 17.3 Å². The van der Waals surface area contributed by atoms with Gasteiger partial charge in [-0.25, -0.2) is 9.97 Å². The smallest absolute Gasteiger partial charge is 0.157 e. The number of nitrogens with zero attached hydrogens (tertiary/aromatic N) is 3. The molecular weight excluding hydrogens is 358 g/mol. The van der Waals surface area contributed by atoms with Crippen molar-refractivity contribution in [2.24, 2.45) is 5.92 Å². The van der Waals surface area contributed by atoms with Crippen LogP contribution in [0.15, 0.2) is 67.0 Å². The van der Waals surface area contributed by atoms with E-state index in [1.165, 1.54) is 11.1 Å². The van der Waals surface area contributed by atoms with E-state index in [1.807, 2.05) is 6.07 Å². The van der Waals surface area contributed by atoms with Gasteiger partial charge in [0.05, 0.1) is 0 Å². The SMILES string of the molecule is Nc1c(NCCc2ccccc2)ncnc1N1CCC(Cc2ccccc2)CC1. The zero-order valence-corrected chi connectivity index (χ0v) is 16.8. The first-order valence-electron chi connectivity index (χ1n) is 10.5. The van der Waals surface area contributed by atoms with E-state index in [1.54, 1.807) is 6.33 Å². The first kappa shape index (κ1) is 19.2. The van der Waals surface area contributed by atoms with Gasteiger partial charge in [-0.15, -0.1) is 0 Å². The number of aromatic nitrogens is 2. The van der Waals surface area contributed by atoms with Crippen LogP contribution in [-0.4, -0.2) is 29.6 Å². The Bertz CT molecular complexity index is 890. The fourth-order valence-corrected chi connectivity index (χ4v) is 4.05. The zero-order chi connectivity index (χ0) is 19.9. The number of benzene rings is 2. The number of nitrogens with one attached hydrogen (secondary N) is 1. The van der Waals surface area contributed by atoms with Gasteiger partial charge in [-0.2, -0.15) is 0 Å². The van der Waals surface area contributed by atoms with Crippen LogP contribution < -0.4 is 16.0 Å². The Kier molecular flexibility index (Phi) is 6.25. The molecular formula is C24H29N5. The molecule has 5 nitrogen and oxygen atoms in total. The number of anilines is 3. The fraction of sp³-hybridized carbons (Fsp3) is 0.333. The topological polar surface area (TPSA) is 67.1 Å². The summed E-state index contributed by atoms with van der Waals surface area (Å²) < 4.78 is 0. The maximum atomic E-state index is 6.42. The van der Waals surface area contributed by atoms with Gasteiger partial charge < -0.3 is 16.0 Å². The van der Waals surface area contributed by atoms with Crippen LogP contribution in [0.1, 0.15) is 24.0 Å². The summed E-state index contributed by atoms with van der Waals surface area (Å²) in [7, 11) is 0. The molecule has 5 heteroatoms. The third kappa shape index (κ3) is 5.05. The van der Waals surface area contributed by atoms with Gasteiger partial charge in [-0.1, -0.05) is 60.7 Å². The number of nitrogens with two attached hydrogens (primary N) is 1. The van der Waals surface area contributed by atoms with Crippen LogP contribution >= 0.6 is 0 Å². The monoisotopic (exact) mass is 387 g/mol. The van der Waals surface area contributed by atoms with Gasteiger partial charge in [0.1, 0.15) is 12.0 Å². The van der Waals surface area contributed by atoms with Crippen LogP contribution in [0.3, 0.4) is 0 Å². The Hall–Kier alpha value is -3.08. The molecule has 0 radical (unpaired) electrons. The Labute approximate surface area is 173 Å². The van der Waals surface area contributed by atoms with E-state index in [2.05, 4.69) is 74.8 Å². The third-order valence-corrected chi connectivity index (χ3v) is 5.69. The molecule has 0 unspecified atom stereocenters. The largest absolute Gasteiger partial charge is 0.393 e. The van der Waals surface area contributed by atoms with E-state index < -0.39 is 0 Å². The minimum atomic E-state index is 0.655. The maximum absolute atomic E-state index is 6.42. The van der Waals surface area contributed by atoms with Crippen LogP contribution in [0.25, 0.3) is 0 Å². The molecule has 0 bridgehead atoms. The number of hydrogen-bond acceptors (Lipinski definition) is 5. The molecule has 1 aliphatic heterocycles. The van der Waals surface area contributed by atoms with Gasteiger partial charge in [0.2, 0.25) is 0 Å². The van der Waals surface area contributed by atoms with Crippen molar-refractivity contribution in [2.75, 3.05) is 35.6 Å². The molecule has 2 aromatic carbocycles. The van der Waals surface area contributed by atoms with Crippen LogP contribution in [0.5, 0.6) is 0 Å². The first-order chi connectivity index (χ1) is 14.3. The molecule has 1 aliphatic rings. The van der Waals surface area contributed by atoms with Crippen molar-refractivity contribution in [2.45, 2.75) is 25.7 Å². The molecule has 4 rings (SSSR count). The summed E-state index contributed by atoms with van der Waals surface area (Å²) in [6.07, 6.45) is 6.03. The lowest BCUT2D eigenvalue weighted by Gasteiger charge is -2.33. The molecule has 1 aromatic heterocycles. The standard InChI is InChI=1S/C24H29N5/c25-22-23(26-14-11-19-7-3-1-4-8-19)27-18-28-24(22)29-15-12-21(13-16-29)17-20-9-5-2-6-10-20/h1-10,18,21H,11-17,25H2,(H,26,27,28). The van der Waals surface area contributed by atoms with Crippen LogP contribution in [-0.2, 0) is 12.8 Å². The molecule has 0 spiro atoms. The highest BCUT2D eigenvalue weighted by Crippen LogP contribution is 2.30. The average molecular weight is 388 g/mol. The summed E-state index contributed by atoms with van der Waals surface area (Å²) in [5, 5.41) is 3.38. The summed E-state index contributed by atoms with van der Waals surface area (Å²) in [5.41, 5.74) is 9.80. The van der Waals surface area contributed by atoms with Crippen molar-refractivity contribution in [3.8, 4) is 0 Å². The molecule has 150 valence electrons. The van der Waals surface area contributed by atoms with E-state index >= 15 is 0 Å². The molecule has 3 N–H and O–H groups in total. The first-order valence-corrected chi connectivity index (χ1v) is 10.5. The van der Waals surface area contributed by atoms with Gasteiger partial charge in [0.25, 0.3) is 0 Å². The van der Waals surface area contributed by atoms with E-state index in [0.717, 1.165) is 62.9 Å². The van der Waals surface area contributed by atoms with Crippen molar-refractivity contribution in [1.82, 2.24) is 9.97 Å². The zero-order valence-electron chi connectivity index (χ0n) is 16.8. The van der Waals surface area contributed by atoms with Crippen LogP contribution in [0.2, 0.25) is 0 Å². The van der Waals surface area contributed by atoms with Crippen LogP contribution in [0, 0.1) is 5.92 Å². The third-order valence-electron chi connectivity index (χ3n) is 5.69. The number of hydrogen-bond donors (Lipinski definition) is 2. The number of piperidine rings is 1. The predicted molar refractivity (Wildman–Crippen MR) is 120 cm³/mol. The lowest BCUT2D eigenvalue weighted by atomic mass is 9.90. The van der Waals surface area contributed by atoms with Crippen molar-refractivity contribution in [3.63, 3.8) is 0 Å². The molecule has 1 saturated heterocycles. The lowest BCUT2D eigenvalue weighted by Crippen LogP contribution is -2.35. The van der Waals surface area contributed by atoms with Gasteiger partial charge in [-0.05, 0) is 42.7 Å². The van der Waals surface area contributed by atoms with Gasteiger partial charge in [0, 0.05) is 19.6 Å². The Morgan fingerprint density at radius 2 is 1.55 bits per heavy atom. The van der Waals surface area contributed by atoms with E-state index in [0.29, 0.717) is 5.69 Å². The highest BCUT2D eigenvalue weighted by atomic mass is 15.2. The van der Waals surface area contributed by atoms with E-state index in [-0.39, 0.29) is 0 Å². The maximum Gasteiger partial charge on any atom is 0.157 e. The summed E-state index contributed by atoms with van der Waals surface area (Å²) >= 11 is 0. The lowest BCUT2D eigenvalue weighted by molar-refractivity contribution is 0.402. The molecule has 1 fully saturated rings. The minimum absolute atomic E-state index is 0.655. The molecule has 0 saturated carbocycles. The highest BCUT2D eigenvalue weighted by molar-refractivity contribution is 5.75. The predicted octanol–water partition coefficient (Wildman–Crippen LogP) is 4.17. The van der Waals surface area contributed by atoms with Crippen LogP contribution in [0.4, 0.5) is 17.3 Å². The Morgan fingerprint density at radius 1 is 0.897 bits per heavy atom. The van der Waals surface area contributed by atoms with Gasteiger partial charge in [0.15, 0.2) is 11.6 Å². The average Bonchev–Trinajstić information content (AvgIpc) is 2.77. The fourth-order valence-electron chi connectivity index (χ4n) is 4.05. The van der Waals surface area contributed by atoms with Crippen molar-refractivity contribution in [1.29, 1.82) is 0 Å². The Balaban J connectivity index is 1.32. The van der Waals surface area contributed by atoms with Gasteiger partial charge in [-0.3, -0.25) is 0 Å². The molecule has 0 amide bonds. The highest BCUT2D eigenvalue weighted by Gasteiger charge is 2.23. The second-order valence-electron chi connectivity index (χ2n) is 7.74. The second kappa shape index (κ2) is 9.41. The summed E-state index contributed by atoms with van der Waals surface area (Å²) in [4.78, 5) is 11.2. The number of rotatable bonds is 7. The van der Waals surface area contributed by atoms with Crippen molar-refractivity contribution in [3.05, 3.63) is 78.1 Å². The van der Waals surface area contributed by atoms with E-state index in [4.69, 9.17) is 5.73 Å². The quantitative estimate of drug-likeness (QED) is 0.637. The summed E-state index contributed by atoms with van der Waals surface area (Å²) in [6.45, 7) is 2.77. The van der Waals surface area contributed by atoms with Gasteiger partial charge >= 0.3 is 0 Å². The molecule has 0 aliphatic carbocycles. The molecule has 3 aromatic rings. The summed E-state index contributed by atoms with van der Waals surface area (Å²) in [5.74, 6) is 2.32. The van der Waals surface area contributed by atoms with E-state index in [9.17, 15) is 0 Å². The second-order valence-corrected chi connectivity index (χ2v) is 7.74. The molecule has 0 atom stereocenters. The Morgan fingerprint density at radius 3 is 2.24 bits per heavy atom. The minimum Gasteiger partial charge on any atom is -0.393 e.